The van der Waals surface area contributed by atoms with E-state index in [1.807, 2.05) is 12.1 Å². The fourth-order valence-electron chi connectivity index (χ4n) is 1.69. The number of carboxylic acids is 1. The third kappa shape index (κ3) is 6.09. The summed E-state index contributed by atoms with van der Waals surface area (Å²) < 4.78 is 5.15. The lowest BCUT2D eigenvalue weighted by molar-refractivity contribution is -0.142. The minimum Gasteiger partial charge on any atom is -0.496 e. The van der Waals surface area contributed by atoms with E-state index in [0.717, 1.165) is 5.56 Å². The van der Waals surface area contributed by atoms with Crippen molar-refractivity contribution in [2.45, 2.75) is 18.9 Å². The fourth-order valence-corrected chi connectivity index (χ4v) is 1.69. The van der Waals surface area contributed by atoms with Crippen LogP contribution in [0, 0.1) is 0 Å². The lowest BCUT2D eigenvalue weighted by Gasteiger charge is -2.20. The Bertz CT molecular complexity index is 537. The van der Waals surface area contributed by atoms with Crippen LogP contribution in [0.4, 0.5) is 0 Å². The molecule has 6 heteroatoms. The summed E-state index contributed by atoms with van der Waals surface area (Å²) in [5.74, 6) is -0.912. The Morgan fingerprint density at radius 2 is 2.05 bits per heavy atom. The van der Waals surface area contributed by atoms with Crippen molar-refractivity contribution in [1.82, 2.24) is 5.32 Å². The second kappa shape index (κ2) is 7.44. The van der Waals surface area contributed by atoms with Crippen LogP contribution < -0.4 is 10.1 Å². The summed E-state index contributed by atoms with van der Waals surface area (Å²) in [5, 5.41) is 20.8. The van der Waals surface area contributed by atoms with Gasteiger partial charge in [0.2, 0.25) is 5.91 Å². The normalized spacial score (nSPS) is 13.7. The number of aliphatic carboxylic acids is 1. The summed E-state index contributed by atoms with van der Waals surface area (Å²) in [6.07, 6.45) is 2.44. The van der Waals surface area contributed by atoms with Gasteiger partial charge in [-0.15, -0.1) is 0 Å². The number of methoxy groups -OCH3 is 1. The van der Waals surface area contributed by atoms with Crippen LogP contribution in [0.1, 0.15) is 18.9 Å². The topological polar surface area (TPSA) is 95.9 Å². The quantitative estimate of drug-likeness (QED) is 0.653. The molecule has 1 aromatic rings. The van der Waals surface area contributed by atoms with Crippen LogP contribution in [0.5, 0.6) is 5.75 Å². The molecule has 0 spiro atoms. The Balaban J connectivity index is 2.57. The molecule has 1 unspecified atom stereocenters. The summed E-state index contributed by atoms with van der Waals surface area (Å²) in [6, 6.07) is 7.20. The van der Waals surface area contributed by atoms with Gasteiger partial charge in [0.1, 0.15) is 5.75 Å². The van der Waals surface area contributed by atoms with Crippen molar-refractivity contribution in [1.29, 1.82) is 0 Å². The second-order valence-electron chi connectivity index (χ2n) is 4.86. The first kappa shape index (κ1) is 16.7. The summed E-state index contributed by atoms with van der Waals surface area (Å²) >= 11 is 0. The monoisotopic (exact) mass is 293 g/mol. The number of rotatable bonds is 7. The van der Waals surface area contributed by atoms with Gasteiger partial charge < -0.3 is 20.3 Å². The number of hydrogen-bond donors (Lipinski definition) is 3. The SMILES string of the molecule is COc1ccccc1C=CC(=O)NCC(C)(O)CC(=O)O. The van der Waals surface area contributed by atoms with E-state index in [2.05, 4.69) is 5.32 Å². The van der Waals surface area contributed by atoms with Crippen molar-refractivity contribution in [3.63, 3.8) is 0 Å². The van der Waals surface area contributed by atoms with E-state index in [1.165, 1.54) is 20.1 Å². The van der Waals surface area contributed by atoms with Crippen LogP contribution in [0.15, 0.2) is 30.3 Å². The zero-order valence-corrected chi connectivity index (χ0v) is 12.0. The number of nitrogens with one attached hydrogen (secondary N) is 1. The zero-order chi connectivity index (χ0) is 15.9. The van der Waals surface area contributed by atoms with E-state index >= 15 is 0 Å². The highest BCUT2D eigenvalue weighted by molar-refractivity contribution is 5.92. The molecule has 0 saturated heterocycles. The Labute approximate surface area is 123 Å². The maximum Gasteiger partial charge on any atom is 0.306 e. The molecule has 3 N–H and O–H groups in total. The van der Waals surface area contributed by atoms with Crippen LogP contribution in [0.3, 0.4) is 0 Å². The van der Waals surface area contributed by atoms with E-state index in [9.17, 15) is 14.7 Å². The van der Waals surface area contributed by atoms with Crippen molar-refractivity contribution in [2.24, 2.45) is 0 Å². The average molecular weight is 293 g/mol. The molecule has 0 heterocycles. The third-order valence-electron chi connectivity index (χ3n) is 2.73. The molecule has 0 saturated carbocycles. The van der Waals surface area contributed by atoms with Crippen molar-refractivity contribution >= 4 is 18.0 Å². The number of ether oxygens (including phenoxy) is 1. The Kier molecular flexibility index (Phi) is 5.92. The van der Waals surface area contributed by atoms with Crippen molar-refractivity contribution in [2.75, 3.05) is 13.7 Å². The summed E-state index contributed by atoms with van der Waals surface area (Å²) in [7, 11) is 1.54. The smallest absolute Gasteiger partial charge is 0.306 e. The van der Waals surface area contributed by atoms with Crippen LogP contribution in [-0.2, 0) is 9.59 Å². The molecule has 0 fully saturated rings. The van der Waals surface area contributed by atoms with Gasteiger partial charge in [-0.1, -0.05) is 18.2 Å². The molecule has 0 aromatic heterocycles. The van der Waals surface area contributed by atoms with Crippen molar-refractivity contribution in [3.05, 3.63) is 35.9 Å². The van der Waals surface area contributed by atoms with E-state index in [-0.39, 0.29) is 6.54 Å². The van der Waals surface area contributed by atoms with Crippen molar-refractivity contribution < 1.29 is 24.5 Å². The van der Waals surface area contributed by atoms with Gasteiger partial charge in [-0.25, -0.2) is 0 Å². The first-order chi connectivity index (χ1) is 9.84. The molecule has 1 rings (SSSR count). The van der Waals surface area contributed by atoms with Crippen LogP contribution in [-0.4, -0.2) is 41.3 Å². The fraction of sp³-hybridized carbons (Fsp3) is 0.333. The molecular weight excluding hydrogens is 274 g/mol. The second-order valence-corrected chi connectivity index (χ2v) is 4.86. The number of carboxylic acid groups (broad SMARTS) is 1. The number of carbonyl (C=O) groups excluding carboxylic acids is 1. The first-order valence-electron chi connectivity index (χ1n) is 6.37. The molecule has 0 aliphatic carbocycles. The van der Waals surface area contributed by atoms with Gasteiger partial charge in [0.15, 0.2) is 0 Å². The Hall–Kier alpha value is -2.34. The largest absolute Gasteiger partial charge is 0.496 e. The number of amides is 1. The Morgan fingerprint density at radius 3 is 2.67 bits per heavy atom. The summed E-state index contributed by atoms with van der Waals surface area (Å²) in [6.45, 7) is 1.21. The molecule has 114 valence electrons. The molecule has 0 radical (unpaired) electrons. The number of benzene rings is 1. The molecule has 6 nitrogen and oxygen atoms in total. The Morgan fingerprint density at radius 1 is 1.38 bits per heavy atom. The van der Waals surface area contributed by atoms with Gasteiger partial charge in [-0.3, -0.25) is 9.59 Å². The summed E-state index contributed by atoms with van der Waals surface area (Å²) in [5.41, 5.74) is -0.743. The molecular formula is C15H19NO5. The van der Waals surface area contributed by atoms with Gasteiger partial charge in [0.05, 0.1) is 19.1 Å². The molecule has 0 bridgehead atoms. The van der Waals surface area contributed by atoms with Crippen LogP contribution >= 0.6 is 0 Å². The standard InChI is InChI=1S/C15H19NO5/c1-15(20,9-14(18)19)10-16-13(17)8-7-11-5-3-4-6-12(11)21-2/h3-8,20H,9-10H2,1-2H3,(H,16,17)(H,18,19). The van der Waals surface area contributed by atoms with E-state index in [1.54, 1.807) is 18.2 Å². The number of hydrogen-bond acceptors (Lipinski definition) is 4. The lowest BCUT2D eigenvalue weighted by atomic mass is 10.0. The summed E-state index contributed by atoms with van der Waals surface area (Å²) in [4.78, 5) is 22.2. The molecule has 1 atom stereocenters. The van der Waals surface area contributed by atoms with E-state index in [4.69, 9.17) is 9.84 Å². The molecule has 21 heavy (non-hydrogen) atoms. The minimum atomic E-state index is -1.49. The molecule has 1 aromatic carbocycles. The predicted molar refractivity (Wildman–Crippen MR) is 77.9 cm³/mol. The maximum absolute atomic E-state index is 11.7. The molecule has 0 aliphatic rings. The minimum absolute atomic E-state index is 0.144. The van der Waals surface area contributed by atoms with Gasteiger partial charge in [0.25, 0.3) is 0 Å². The van der Waals surface area contributed by atoms with E-state index in [0.29, 0.717) is 5.75 Å². The van der Waals surface area contributed by atoms with Gasteiger partial charge in [-0.2, -0.15) is 0 Å². The molecule has 0 aliphatic heterocycles. The van der Waals surface area contributed by atoms with Gasteiger partial charge in [0, 0.05) is 18.2 Å². The van der Waals surface area contributed by atoms with Gasteiger partial charge in [-0.05, 0) is 19.1 Å². The molecule has 1 amide bonds. The highest BCUT2D eigenvalue weighted by Gasteiger charge is 2.24. The third-order valence-corrected chi connectivity index (χ3v) is 2.73. The first-order valence-corrected chi connectivity index (χ1v) is 6.37. The number of aliphatic hydroxyl groups is 1. The maximum atomic E-state index is 11.7. The van der Waals surface area contributed by atoms with Crippen LogP contribution in [0.2, 0.25) is 0 Å². The lowest BCUT2D eigenvalue weighted by Crippen LogP contribution is -2.41. The van der Waals surface area contributed by atoms with Gasteiger partial charge >= 0.3 is 5.97 Å². The highest BCUT2D eigenvalue weighted by atomic mass is 16.5. The average Bonchev–Trinajstić information content (AvgIpc) is 2.42. The van der Waals surface area contributed by atoms with Crippen molar-refractivity contribution in [3.8, 4) is 5.75 Å². The van der Waals surface area contributed by atoms with Crippen LogP contribution in [0.25, 0.3) is 6.08 Å². The highest BCUT2D eigenvalue weighted by Crippen LogP contribution is 2.18. The zero-order valence-electron chi connectivity index (χ0n) is 12.0. The number of carbonyl (C=O) groups is 2. The van der Waals surface area contributed by atoms with E-state index < -0.39 is 23.9 Å². The number of para-hydroxylation sites is 1. The predicted octanol–water partition coefficient (Wildman–Crippen LogP) is 1.05.